The largest absolute Gasteiger partial charge is 0.493 e. The molecule has 0 saturated heterocycles. The van der Waals surface area contributed by atoms with E-state index in [0.29, 0.717) is 22.3 Å². The van der Waals surface area contributed by atoms with Gasteiger partial charge in [-0.2, -0.15) is 0 Å². The van der Waals surface area contributed by atoms with Gasteiger partial charge in [0.1, 0.15) is 5.75 Å². The zero-order chi connectivity index (χ0) is 19.1. The van der Waals surface area contributed by atoms with Gasteiger partial charge in [0.2, 0.25) is 0 Å². The first kappa shape index (κ1) is 19.9. The summed E-state index contributed by atoms with van der Waals surface area (Å²) >= 11 is 6.08. The molecule has 0 heterocycles. The highest BCUT2D eigenvalue weighted by Gasteiger charge is 2.21. The summed E-state index contributed by atoms with van der Waals surface area (Å²) in [6.45, 7) is 3.70. The van der Waals surface area contributed by atoms with E-state index in [9.17, 15) is 4.79 Å². The Balaban J connectivity index is 2.09. The number of halogens is 1. The highest BCUT2D eigenvalue weighted by molar-refractivity contribution is 6.32. The van der Waals surface area contributed by atoms with Crippen molar-refractivity contribution in [2.24, 2.45) is 0 Å². The topological polar surface area (TPSA) is 56.8 Å². The molecule has 0 aliphatic carbocycles. The Labute approximate surface area is 159 Å². The number of rotatable bonds is 8. The average Bonchev–Trinajstić information content (AvgIpc) is 2.67. The lowest BCUT2D eigenvalue weighted by atomic mass is 10.0. The third kappa shape index (κ3) is 4.82. The molecule has 2 atom stereocenters. The fourth-order valence-corrected chi connectivity index (χ4v) is 2.74. The number of para-hydroxylation sites is 1. The number of nitrogens with one attached hydrogen (secondary N) is 1. The normalized spacial score (nSPS) is 12.8. The van der Waals surface area contributed by atoms with Gasteiger partial charge < -0.3 is 19.5 Å². The van der Waals surface area contributed by atoms with Gasteiger partial charge in [-0.15, -0.1) is 0 Å². The molecule has 2 rings (SSSR count). The van der Waals surface area contributed by atoms with Gasteiger partial charge in [0.25, 0.3) is 5.91 Å². The van der Waals surface area contributed by atoms with Crippen LogP contribution in [0.2, 0.25) is 5.02 Å². The molecule has 0 saturated carbocycles. The summed E-state index contributed by atoms with van der Waals surface area (Å²) in [5.74, 6) is 1.54. The summed E-state index contributed by atoms with van der Waals surface area (Å²) in [4.78, 5) is 12.5. The molecule has 0 fully saturated rings. The monoisotopic (exact) mass is 377 g/mol. The van der Waals surface area contributed by atoms with Crippen LogP contribution in [0.5, 0.6) is 17.2 Å². The van der Waals surface area contributed by atoms with Gasteiger partial charge in [0.15, 0.2) is 17.6 Å². The molecular weight excluding hydrogens is 354 g/mol. The van der Waals surface area contributed by atoms with E-state index in [1.807, 2.05) is 37.3 Å². The van der Waals surface area contributed by atoms with E-state index in [4.69, 9.17) is 25.8 Å². The van der Waals surface area contributed by atoms with Gasteiger partial charge in [0, 0.05) is 0 Å². The maximum Gasteiger partial charge on any atom is 0.261 e. The van der Waals surface area contributed by atoms with E-state index in [1.165, 1.54) is 0 Å². The van der Waals surface area contributed by atoms with E-state index in [-0.39, 0.29) is 11.9 Å². The van der Waals surface area contributed by atoms with Crippen molar-refractivity contribution in [1.29, 1.82) is 0 Å². The molecule has 1 N–H and O–H groups in total. The lowest BCUT2D eigenvalue weighted by Gasteiger charge is -2.22. The lowest BCUT2D eigenvalue weighted by Crippen LogP contribution is -2.38. The molecule has 0 bridgehead atoms. The minimum atomic E-state index is -0.677. The van der Waals surface area contributed by atoms with Crippen LogP contribution in [-0.4, -0.2) is 26.2 Å². The van der Waals surface area contributed by atoms with Crippen molar-refractivity contribution in [1.82, 2.24) is 5.32 Å². The summed E-state index contributed by atoms with van der Waals surface area (Å²) in [6.07, 6.45) is 0.0455. The number of ether oxygens (including phenoxy) is 3. The molecule has 0 spiro atoms. The highest BCUT2D eigenvalue weighted by atomic mass is 35.5. The Hall–Kier alpha value is -2.40. The van der Waals surface area contributed by atoms with Crippen LogP contribution < -0.4 is 19.5 Å². The number of carbonyl (C=O) groups is 1. The molecule has 2 aromatic rings. The van der Waals surface area contributed by atoms with Gasteiger partial charge in [-0.05, 0) is 43.2 Å². The smallest absolute Gasteiger partial charge is 0.261 e. The molecule has 0 radical (unpaired) electrons. The van der Waals surface area contributed by atoms with Gasteiger partial charge in [-0.25, -0.2) is 0 Å². The van der Waals surface area contributed by atoms with Crippen molar-refractivity contribution < 1.29 is 19.0 Å². The molecule has 6 heteroatoms. The van der Waals surface area contributed by atoms with Crippen molar-refractivity contribution >= 4 is 17.5 Å². The van der Waals surface area contributed by atoms with Gasteiger partial charge in [-0.3, -0.25) is 4.79 Å². The summed E-state index contributed by atoms with van der Waals surface area (Å²) < 4.78 is 16.3. The number of hydrogen-bond donors (Lipinski definition) is 1. The number of methoxy groups -OCH3 is 2. The van der Waals surface area contributed by atoms with Crippen molar-refractivity contribution in [3.8, 4) is 17.2 Å². The second-order valence-electron chi connectivity index (χ2n) is 5.77. The van der Waals surface area contributed by atoms with Crippen LogP contribution >= 0.6 is 11.6 Å². The van der Waals surface area contributed by atoms with E-state index in [1.54, 1.807) is 33.3 Å². The van der Waals surface area contributed by atoms with E-state index >= 15 is 0 Å². The maximum absolute atomic E-state index is 12.5. The van der Waals surface area contributed by atoms with Gasteiger partial charge >= 0.3 is 0 Å². The molecule has 0 aromatic heterocycles. The molecule has 0 unspecified atom stereocenters. The average molecular weight is 378 g/mol. The second-order valence-corrected chi connectivity index (χ2v) is 6.18. The van der Waals surface area contributed by atoms with Gasteiger partial charge in [0.05, 0.1) is 25.3 Å². The standard InChI is InChI=1S/C20H24ClNO4/c1-5-16(14-10-11-18(24-3)19(12-14)25-4)22-20(23)13(2)26-17-9-7-6-8-15(17)21/h6-13,16H,5H2,1-4H3,(H,22,23)/t13-,16+/m0/s1. The highest BCUT2D eigenvalue weighted by Crippen LogP contribution is 2.31. The summed E-state index contributed by atoms with van der Waals surface area (Å²) in [6, 6.07) is 12.5. The Morgan fingerprint density at radius 1 is 1.08 bits per heavy atom. The molecule has 140 valence electrons. The first-order valence-electron chi connectivity index (χ1n) is 8.43. The maximum atomic E-state index is 12.5. The fraction of sp³-hybridized carbons (Fsp3) is 0.350. The predicted molar refractivity (Wildman–Crippen MR) is 102 cm³/mol. The van der Waals surface area contributed by atoms with Crippen LogP contribution in [0, 0.1) is 0 Å². The Morgan fingerprint density at radius 3 is 2.38 bits per heavy atom. The Kier molecular flexibility index (Phi) is 7.16. The summed E-state index contributed by atoms with van der Waals surface area (Å²) in [5, 5.41) is 3.48. The number of hydrogen-bond acceptors (Lipinski definition) is 4. The van der Waals surface area contributed by atoms with E-state index in [2.05, 4.69) is 5.32 Å². The molecule has 1 amide bonds. The molecule has 5 nitrogen and oxygen atoms in total. The lowest BCUT2D eigenvalue weighted by molar-refractivity contribution is -0.128. The number of carbonyl (C=O) groups excluding carboxylic acids is 1. The Morgan fingerprint density at radius 2 is 1.77 bits per heavy atom. The third-order valence-corrected chi connectivity index (χ3v) is 4.36. The van der Waals surface area contributed by atoms with E-state index in [0.717, 1.165) is 12.0 Å². The summed E-state index contributed by atoms with van der Waals surface area (Å²) in [5.41, 5.74) is 0.934. The minimum absolute atomic E-state index is 0.167. The molecule has 0 aliphatic rings. The second kappa shape index (κ2) is 9.34. The molecule has 0 aliphatic heterocycles. The number of benzene rings is 2. The van der Waals surface area contributed by atoms with Crippen LogP contribution in [0.1, 0.15) is 31.9 Å². The molecule has 26 heavy (non-hydrogen) atoms. The first-order valence-corrected chi connectivity index (χ1v) is 8.81. The first-order chi connectivity index (χ1) is 12.5. The molecular formula is C20H24ClNO4. The van der Waals surface area contributed by atoms with Crippen LogP contribution in [0.25, 0.3) is 0 Å². The van der Waals surface area contributed by atoms with Crippen LogP contribution in [0.4, 0.5) is 0 Å². The van der Waals surface area contributed by atoms with Crippen LogP contribution in [0.3, 0.4) is 0 Å². The van der Waals surface area contributed by atoms with Gasteiger partial charge in [-0.1, -0.05) is 36.7 Å². The zero-order valence-corrected chi connectivity index (χ0v) is 16.2. The SMILES string of the molecule is CC[C@@H](NC(=O)[C@H](C)Oc1ccccc1Cl)c1ccc(OC)c(OC)c1. The Bertz CT molecular complexity index is 750. The van der Waals surface area contributed by atoms with Crippen molar-refractivity contribution in [3.63, 3.8) is 0 Å². The fourth-order valence-electron chi connectivity index (χ4n) is 2.56. The van der Waals surface area contributed by atoms with Crippen molar-refractivity contribution in [2.75, 3.05) is 14.2 Å². The minimum Gasteiger partial charge on any atom is -0.493 e. The van der Waals surface area contributed by atoms with Crippen LogP contribution in [0.15, 0.2) is 42.5 Å². The number of amides is 1. The quantitative estimate of drug-likeness (QED) is 0.741. The zero-order valence-electron chi connectivity index (χ0n) is 15.4. The van der Waals surface area contributed by atoms with E-state index < -0.39 is 6.10 Å². The van der Waals surface area contributed by atoms with Crippen molar-refractivity contribution in [2.45, 2.75) is 32.4 Å². The third-order valence-electron chi connectivity index (χ3n) is 4.04. The predicted octanol–water partition coefficient (Wildman–Crippen LogP) is 4.39. The van der Waals surface area contributed by atoms with Crippen molar-refractivity contribution in [3.05, 3.63) is 53.1 Å². The van der Waals surface area contributed by atoms with Crippen LogP contribution in [-0.2, 0) is 4.79 Å². The summed E-state index contributed by atoms with van der Waals surface area (Å²) in [7, 11) is 3.17. The molecule has 2 aromatic carbocycles.